The molecule has 0 heterocycles. The summed E-state index contributed by atoms with van der Waals surface area (Å²) in [5, 5.41) is 3.80. The highest BCUT2D eigenvalue weighted by molar-refractivity contribution is 4.86. The van der Waals surface area contributed by atoms with Crippen molar-refractivity contribution in [2.24, 2.45) is 11.3 Å². The van der Waals surface area contributed by atoms with Gasteiger partial charge >= 0.3 is 0 Å². The zero-order chi connectivity index (χ0) is 15.7. The molecule has 0 aromatic carbocycles. The van der Waals surface area contributed by atoms with Gasteiger partial charge in [0.2, 0.25) is 0 Å². The third-order valence-electron chi connectivity index (χ3n) is 4.73. The van der Waals surface area contributed by atoms with Crippen LogP contribution in [0.1, 0.15) is 86.0 Å². The van der Waals surface area contributed by atoms with Crippen molar-refractivity contribution < 1.29 is 4.74 Å². The molecule has 21 heavy (non-hydrogen) atoms. The first-order chi connectivity index (χ1) is 9.98. The molecule has 2 atom stereocenters. The van der Waals surface area contributed by atoms with Gasteiger partial charge in [-0.15, -0.1) is 0 Å². The van der Waals surface area contributed by atoms with Gasteiger partial charge in [0.25, 0.3) is 0 Å². The fourth-order valence-corrected chi connectivity index (χ4v) is 3.54. The summed E-state index contributed by atoms with van der Waals surface area (Å²) in [6.07, 6.45) is 11.1. The maximum absolute atomic E-state index is 6.24. The molecule has 1 aliphatic rings. The molecule has 126 valence electrons. The molecule has 0 amide bonds. The lowest BCUT2D eigenvalue weighted by atomic mass is 9.79. The van der Waals surface area contributed by atoms with Crippen molar-refractivity contribution in [1.82, 2.24) is 5.32 Å². The van der Waals surface area contributed by atoms with E-state index in [0.29, 0.717) is 17.6 Å². The van der Waals surface area contributed by atoms with E-state index in [9.17, 15) is 0 Å². The molecule has 1 aliphatic carbocycles. The van der Waals surface area contributed by atoms with Gasteiger partial charge in [-0.25, -0.2) is 0 Å². The van der Waals surface area contributed by atoms with Gasteiger partial charge in [0.15, 0.2) is 0 Å². The van der Waals surface area contributed by atoms with E-state index < -0.39 is 0 Å². The molecule has 0 saturated heterocycles. The summed E-state index contributed by atoms with van der Waals surface area (Å²) in [5.74, 6) is 0.771. The van der Waals surface area contributed by atoms with Crippen molar-refractivity contribution >= 4 is 0 Å². The first-order valence-electron chi connectivity index (χ1n) is 9.33. The van der Waals surface area contributed by atoms with Crippen LogP contribution in [0.5, 0.6) is 0 Å². The van der Waals surface area contributed by atoms with Crippen LogP contribution in [0, 0.1) is 11.3 Å². The first-order valence-corrected chi connectivity index (χ1v) is 9.33. The molecule has 0 aromatic rings. The van der Waals surface area contributed by atoms with Crippen LogP contribution in [0.15, 0.2) is 0 Å². The van der Waals surface area contributed by atoms with E-state index in [4.69, 9.17) is 4.74 Å². The van der Waals surface area contributed by atoms with Gasteiger partial charge in [-0.3, -0.25) is 0 Å². The average molecular weight is 298 g/mol. The minimum Gasteiger partial charge on any atom is -0.377 e. The maximum atomic E-state index is 6.24. The molecule has 0 bridgehead atoms. The van der Waals surface area contributed by atoms with Crippen molar-refractivity contribution in [2.45, 2.75) is 98.1 Å². The van der Waals surface area contributed by atoms with Crippen LogP contribution >= 0.6 is 0 Å². The van der Waals surface area contributed by atoms with Crippen LogP contribution in [-0.4, -0.2) is 25.3 Å². The molecule has 2 nitrogen and oxygen atoms in total. The molecule has 0 aliphatic heterocycles. The van der Waals surface area contributed by atoms with Crippen molar-refractivity contribution in [3.63, 3.8) is 0 Å². The van der Waals surface area contributed by atoms with E-state index in [2.05, 4.69) is 39.9 Å². The molecule has 0 aromatic heterocycles. The third-order valence-corrected chi connectivity index (χ3v) is 4.73. The lowest BCUT2D eigenvalue weighted by molar-refractivity contribution is -0.0212. The van der Waals surface area contributed by atoms with Crippen LogP contribution in [0.4, 0.5) is 0 Å². The van der Waals surface area contributed by atoms with Gasteiger partial charge < -0.3 is 10.1 Å². The monoisotopic (exact) mass is 297 g/mol. The Bertz CT molecular complexity index is 253. The van der Waals surface area contributed by atoms with E-state index >= 15 is 0 Å². The van der Waals surface area contributed by atoms with E-state index in [1.165, 1.54) is 51.4 Å². The fraction of sp³-hybridized carbons (Fsp3) is 1.00. The summed E-state index contributed by atoms with van der Waals surface area (Å²) in [6, 6.07) is 0.534. The molecule has 1 saturated carbocycles. The van der Waals surface area contributed by atoms with Gasteiger partial charge in [0.05, 0.1) is 6.10 Å². The molecule has 1 rings (SSSR count). The summed E-state index contributed by atoms with van der Waals surface area (Å²) in [5.41, 5.74) is 0.412. The Morgan fingerprint density at radius 3 is 2.29 bits per heavy atom. The lowest BCUT2D eigenvalue weighted by Crippen LogP contribution is -2.46. The van der Waals surface area contributed by atoms with Crippen molar-refractivity contribution in [3.05, 3.63) is 0 Å². The Hall–Kier alpha value is -0.0800. The Morgan fingerprint density at radius 1 is 1.10 bits per heavy atom. The zero-order valence-corrected chi connectivity index (χ0v) is 15.2. The number of hydrogen-bond donors (Lipinski definition) is 1. The van der Waals surface area contributed by atoms with E-state index in [-0.39, 0.29) is 0 Å². The molecule has 2 heteroatoms. The molecule has 0 spiro atoms. The summed E-state index contributed by atoms with van der Waals surface area (Å²) < 4.78 is 6.24. The number of nitrogens with one attached hydrogen (secondary N) is 1. The second-order valence-corrected chi connectivity index (χ2v) is 7.98. The van der Waals surface area contributed by atoms with Gasteiger partial charge in [0, 0.05) is 12.6 Å². The van der Waals surface area contributed by atoms with Gasteiger partial charge in [0.1, 0.15) is 0 Å². The fourth-order valence-electron chi connectivity index (χ4n) is 3.54. The van der Waals surface area contributed by atoms with Crippen molar-refractivity contribution in [2.75, 3.05) is 13.2 Å². The van der Waals surface area contributed by atoms with E-state index in [1.807, 2.05) is 0 Å². The van der Waals surface area contributed by atoms with Crippen molar-refractivity contribution in [3.8, 4) is 0 Å². The molecule has 1 fully saturated rings. The smallest absolute Gasteiger partial charge is 0.0755 e. The van der Waals surface area contributed by atoms with Crippen LogP contribution in [-0.2, 0) is 4.74 Å². The standard InChI is InChI=1S/C19H39NO/c1-6-15-20-17(13-14-19(3,4)5)18(21-7-2)16-11-9-8-10-12-16/h16-18,20H,6-15H2,1-5H3. The minimum atomic E-state index is 0.412. The van der Waals surface area contributed by atoms with Crippen LogP contribution in [0.25, 0.3) is 0 Å². The maximum Gasteiger partial charge on any atom is 0.0755 e. The largest absolute Gasteiger partial charge is 0.377 e. The molecule has 0 radical (unpaired) electrons. The van der Waals surface area contributed by atoms with E-state index in [0.717, 1.165) is 19.1 Å². The predicted molar refractivity (Wildman–Crippen MR) is 92.8 cm³/mol. The lowest BCUT2D eigenvalue weighted by Gasteiger charge is -2.37. The van der Waals surface area contributed by atoms with Crippen LogP contribution in [0.3, 0.4) is 0 Å². The van der Waals surface area contributed by atoms with Crippen molar-refractivity contribution in [1.29, 1.82) is 0 Å². The Kier molecular flexibility index (Phi) is 8.89. The topological polar surface area (TPSA) is 21.3 Å². The van der Waals surface area contributed by atoms with Gasteiger partial charge in [-0.05, 0) is 56.9 Å². The summed E-state index contributed by atoms with van der Waals surface area (Å²) in [7, 11) is 0. The molecular formula is C19H39NO. The molecule has 1 N–H and O–H groups in total. The zero-order valence-electron chi connectivity index (χ0n) is 15.2. The number of hydrogen-bond acceptors (Lipinski definition) is 2. The second-order valence-electron chi connectivity index (χ2n) is 7.98. The average Bonchev–Trinajstić information content (AvgIpc) is 2.45. The Morgan fingerprint density at radius 2 is 1.76 bits per heavy atom. The predicted octanol–water partition coefficient (Wildman–Crippen LogP) is 5.17. The van der Waals surface area contributed by atoms with E-state index in [1.54, 1.807) is 0 Å². The summed E-state index contributed by atoms with van der Waals surface area (Å²) >= 11 is 0. The highest BCUT2D eigenvalue weighted by Gasteiger charge is 2.31. The summed E-state index contributed by atoms with van der Waals surface area (Å²) in [6.45, 7) is 13.4. The normalized spacial score (nSPS) is 20.4. The van der Waals surface area contributed by atoms with Crippen LogP contribution in [0.2, 0.25) is 0 Å². The van der Waals surface area contributed by atoms with Gasteiger partial charge in [-0.2, -0.15) is 0 Å². The quantitative estimate of drug-likeness (QED) is 0.634. The summed E-state index contributed by atoms with van der Waals surface area (Å²) in [4.78, 5) is 0. The third kappa shape index (κ3) is 7.65. The highest BCUT2D eigenvalue weighted by Crippen LogP contribution is 2.32. The first kappa shape index (κ1) is 19.0. The number of ether oxygens (including phenoxy) is 1. The second kappa shape index (κ2) is 9.84. The number of rotatable bonds is 9. The Labute approximate surface area is 133 Å². The SMILES string of the molecule is CCCNC(CCC(C)(C)C)C(OCC)C1CCCCC1. The Balaban J connectivity index is 2.67. The minimum absolute atomic E-state index is 0.412. The van der Waals surface area contributed by atoms with Gasteiger partial charge in [-0.1, -0.05) is 47.0 Å². The van der Waals surface area contributed by atoms with Crippen LogP contribution < -0.4 is 5.32 Å². The molecule has 2 unspecified atom stereocenters. The highest BCUT2D eigenvalue weighted by atomic mass is 16.5. The molecular weight excluding hydrogens is 258 g/mol.